The van der Waals surface area contributed by atoms with Crippen LogP contribution in [0.1, 0.15) is 22.1 Å². The molecule has 0 radical (unpaired) electrons. The predicted molar refractivity (Wildman–Crippen MR) is 85.4 cm³/mol. The second-order valence-electron chi connectivity index (χ2n) is 4.83. The van der Waals surface area contributed by atoms with Gasteiger partial charge in [-0.1, -0.05) is 12.1 Å². The highest BCUT2D eigenvalue weighted by Crippen LogP contribution is 2.17. The van der Waals surface area contributed by atoms with Crippen molar-refractivity contribution in [3.8, 4) is 5.75 Å². The van der Waals surface area contributed by atoms with Gasteiger partial charge in [-0.05, 0) is 12.1 Å². The summed E-state index contributed by atoms with van der Waals surface area (Å²) in [5, 5.41) is 4.67. The molecular formula is C16H14FN3O3S. The number of aromatic nitrogens is 2. The molecule has 0 aliphatic carbocycles. The summed E-state index contributed by atoms with van der Waals surface area (Å²) in [6.07, 6.45) is 1.90. The van der Waals surface area contributed by atoms with Crippen LogP contribution in [0.15, 0.2) is 45.8 Å². The van der Waals surface area contributed by atoms with Crippen molar-refractivity contribution in [1.82, 2.24) is 15.3 Å². The van der Waals surface area contributed by atoms with Crippen molar-refractivity contribution in [2.45, 2.75) is 13.0 Å². The van der Waals surface area contributed by atoms with Crippen LogP contribution in [0.4, 0.5) is 4.39 Å². The van der Waals surface area contributed by atoms with E-state index in [4.69, 9.17) is 9.15 Å². The highest BCUT2D eigenvalue weighted by Gasteiger charge is 2.13. The average Bonchev–Trinajstić information content (AvgIpc) is 3.26. The Balaban J connectivity index is 1.49. The summed E-state index contributed by atoms with van der Waals surface area (Å²) in [6, 6.07) is 6.03. The van der Waals surface area contributed by atoms with Gasteiger partial charge in [0.2, 0.25) is 5.89 Å². The van der Waals surface area contributed by atoms with Gasteiger partial charge < -0.3 is 14.5 Å². The molecule has 0 atom stereocenters. The molecule has 0 saturated carbocycles. The van der Waals surface area contributed by atoms with Gasteiger partial charge in [0.25, 0.3) is 5.91 Å². The minimum absolute atomic E-state index is 0.0625. The molecule has 1 N–H and O–H groups in total. The van der Waals surface area contributed by atoms with Gasteiger partial charge in [0, 0.05) is 18.3 Å². The first-order chi connectivity index (χ1) is 11.7. The molecule has 0 bridgehead atoms. The largest absolute Gasteiger partial charge is 0.481 e. The van der Waals surface area contributed by atoms with Crippen LogP contribution in [0.25, 0.3) is 0 Å². The van der Waals surface area contributed by atoms with E-state index in [1.807, 2.05) is 5.38 Å². The Morgan fingerprint density at radius 2 is 2.25 bits per heavy atom. The van der Waals surface area contributed by atoms with Crippen LogP contribution in [0.5, 0.6) is 5.75 Å². The Labute approximate surface area is 141 Å². The van der Waals surface area contributed by atoms with Crippen LogP contribution in [0.2, 0.25) is 0 Å². The SMILES string of the molecule is O=C(NCCc1cscn1)c1coc(COc2ccccc2F)n1. The zero-order valence-corrected chi connectivity index (χ0v) is 13.4. The standard InChI is InChI=1S/C16H14FN3O3S/c17-12-3-1-2-4-14(12)22-8-15-20-13(7-23-15)16(21)18-6-5-11-9-24-10-19-11/h1-4,7,9-10H,5-6,8H2,(H,18,21). The van der Waals surface area contributed by atoms with E-state index >= 15 is 0 Å². The quantitative estimate of drug-likeness (QED) is 0.711. The number of nitrogens with one attached hydrogen (secondary N) is 1. The van der Waals surface area contributed by atoms with Crippen LogP contribution < -0.4 is 10.1 Å². The molecule has 3 rings (SSSR count). The molecule has 8 heteroatoms. The van der Waals surface area contributed by atoms with Gasteiger partial charge in [-0.15, -0.1) is 11.3 Å². The number of halogens is 1. The number of carbonyl (C=O) groups excluding carboxylic acids is 1. The molecule has 2 heterocycles. The summed E-state index contributed by atoms with van der Waals surface area (Å²) >= 11 is 1.51. The molecule has 2 aromatic heterocycles. The van der Waals surface area contributed by atoms with Gasteiger partial charge in [-0.3, -0.25) is 4.79 Å². The smallest absolute Gasteiger partial charge is 0.273 e. The Morgan fingerprint density at radius 3 is 3.04 bits per heavy atom. The monoisotopic (exact) mass is 347 g/mol. The zero-order chi connectivity index (χ0) is 16.8. The average molecular weight is 347 g/mol. The zero-order valence-electron chi connectivity index (χ0n) is 12.6. The van der Waals surface area contributed by atoms with E-state index in [1.54, 1.807) is 17.6 Å². The molecule has 3 aromatic rings. The summed E-state index contributed by atoms with van der Waals surface area (Å²) in [5.74, 6) is -0.511. The Morgan fingerprint density at radius 1 is 1.38 bits per heavy atom. The van der Waals surface area contributed by atoms with E-state index in [0.717, 1.165) is 5.69 Å². The lowest BCUT2D eigenvalue weighted by Crippen LogP contribution is -2.26. The van der Waals surface area contributed by atoms with E-state index in [9.17, 15) is 9.18 Å². The number of thiazole rings is 1. The van der Waals surface area contributed by atoms with E-state index in [2.05, 4.69) is 15.3 Å². The van der Waals surface area contributed by atoms with Gasteiger partial charge in [-0.2, -0.15) is 0 Å². The third-order valence-electron chi connectivity index (χ3n) is 3.12. The number of hydrogen-bond acceptors (Lipinski definition) is 6. The van der Waals surface area contributed by atoms with Crippen molar-refractivity contribution in [1.29, 1.82) is 0 Å². The minimum Gasteiger partial charge on any atom is -0.481 e. The van der Waals surface area contributed by atoms with E-state index < -0.39 is 5.82 Å². The van der Waals surface area contributed by atoms with Crippen molar-refractivity contribution < 1.29 is 18.3 Å². The number of benzene rings is 1. The molecule has 0 saturated heterocycles. The number of hydrogen-bond donors (Lipinski definition) is 1. The normalized spacial score (nSPS) is 10.5. The summed E-state index contributed by atoms with van der Waals surface area (Å²) in [5.41, 5.74) is 2.83. The molecular weight excluding hydrogens is 333 g/mol. The molecule has 0 fully saturated rings. The van der Waals surface area contributed by atoms with Gasteiger partial charge in [0.05, 0.1) is 11.2 Å². The highest BCUT2D eigenvalue weighted by atomic mass is 32.1. The van der Waals surface area contributed by atoms with Crippen LogP contribution >= 0.6 is 11.3 Å². The maximum atomic E-state index is 13.4. The fraction of sp³-hybridized carbons (Fsp3) is 0.188. The lowest BCUT2D eigenvalue weighted by Gasteiger charge is -2.03. The molecule has 6 nitrogen and oxygen atoms in total. The number of carbonyl (C=O) groups is 1. The summed E-state index contributed by atoms with van der Waals surface area (Å²) in [7, 11) is 0. The van der Waals surface area contributed by atoms with E-state index in [0.29, 0.717) is 13.0 Å². The summed E-state index contributed by atoms with van der Waals surface area (Å²) in [4.78, 5) is 20.1. The fourth-order valence-electron chi connectivity index (χ4n) is 1.94. The van der Waals surface area contributed by atoms with E-state index in [-0.39, 0.29) is 29.8 Å². The molecule has 0 aliphatic heterocycles. The van der Waals surface area contributed by atoms with Crippen molar-refractivity contribution in [2.75, 3.05) is 6.54 Å². The van der Waals surface area contributed by atoms with Crippen molar-refractivity contribution in [3.05, 3.63) is 64.5 Å². The second-order valence-corrected chi connectivity index (χ2v) is 5.55. The number of rotatable bonds is 7. The maximum Gasteiger partial charge on any atom is 0.273 e. The molecule has 0 unspecified atom stereocenters. The highest BCUT2D eigenvalue weighted by molar-refractivity contribution is 7.07. The van der Waals surface area contributed by atoms with Gasteiger partial charge in [0.1, 0.15) is 6.26 Å². The van der Waals surface area contributed by atoms with Crippen LogP contribution in [0, 0.1) is 5.82 Å². The molecule has 1 aromatic carbocycles. The van der Waals surface area contributed by atoms with Crippen LogP contribution in [0.3, 0.4) is 0 Å². The Kier molecular flexibility index (Phi) is 5.17. The topological polar surface area (TPSA) is 77.2 Å². The first kappa shape index (κ1) is 16.1. The van der Waals surface area contributed by atoms with E-state index in [1.165, 1.54) is 29.7 Å². The van der Waals surface area contributed by atoms with Crippen molar-refractivity contribution >= 4 is 17.2 Å². The van der Waals surface area contributed by atoms with Crippen LogP contribution in [-0.4, -0.2) is 22.4 Å². The number of para-hydroxylation sites is 1. The van der Waals surface area contributed by atoms with Crippen LogP contribution in [-0.2, 0) is 13.0 Å². The fourth-order valence-corrected chi connectivity index (χ4v) is 2.53. The molecule has 24 heavy (non-hydrogen) atoms. The predicted octanol–water partition coefficient (Wildman–Crippen LogP) is 2.82. The molecule has 1 amide bonds. The van der Waals surface area contributed by atoms with Gasteiger partial charge in [-0.25, -0.2) is 14.4 Å². The number of nitrogens with zero attached hydrogens (tertiary/aromatic N) is 2. The molecule has 124 valence electrons. The Bertz CT molecular complexity index is 805. The molecule has 0 spiro atoms. The minimum atomic E-state index is -0.468. The summed E-state index contributed by atoms with van der Waals surface area (Å²) < 4.78 is 23.9. The van der Waals surface area contributed by atoms with Crippen molar-refractivity contribution in [2.24, 2.45) is 0 Å². The first-order valence-corrected chi connectivity index (χ1v) is 8.13. The first-order valence-electron chi connectivity index (χ1n) is 7.19. The number of amides is 1. The van der Waals surface area contributed by atoms with Gasteiger partial charge in [0.15, 0.2) is 23.9 Å². The number of ether oxygens (including phenoxy) is 1. The van der Waals surface area contributed by atoms with Gasteiger partial charge >= 0.3 is 0 Å². The third-order valence-corrected chi connectivity index (χ3v) is 3.76. The Hall–Kier alpha value is -2.74. The second kappa shape index (κ2) is 7.69. The number of oxazole rings is 1. The third kappa shape index (κ3) is 4.17. The maximum absolute atomic E-state index is 13.4. The molecule has 0 aliphatic rings. The lowest BCUT2D eigenvalue weighted by molar-refractivity contribution is 0.0949. The summed E-state index contributed by atoms with van der Waals surface area (Å²) in [6.45, 7) is 0.392. The van der Waals surface area contributed by atoms with Crippen molar-refractivity contribution in [3.63, 3.8) is 0 Å². The lowest BCUT2D eigenvalue weighted by atomic mass is 10.3.